The first-order valence-electron chi connectivity index (χ1n) is 5.34. The third kappa shape index (κ3) is 2.38. The molecule has 0 atom stereocenters. The van der Waals surface area contributed by atoms with Crippen molar-refractivity contribution in [1.82, 2.24) is 10.2 Å². The van der Waals surface area contributed by atoms with Crippen molar-refractivity contribution in [2.24, 2.45) is 4.99 Å². The normalized spacial score (nSPS) is 11.4. The topological polar surface area (TPSA) is 71.2 Å². The predicted octanol–water partition coefficient (Wildman–Crippen LogP) is 3.06. The van der Waals surface area contributed by atoms with E-state index < -0.39 is 0 Å². The summed E-state index contributed by atoms with van der Waals surface area (Å²) in [6, 6.07) is 7.07. The van der Waals surface area contributed by atoms with Crippen LogP contribution in [0, 0.1) is 3.95 Å². The van der Waals surface area contributed by atoms with Crippen LogP contribution < -0.4 is 5.43 Å². The van der Waals surface area contributed by atoms with Gasteiger partial charge in [-0.2, -0.15) is 0 Å². The summed E-state index contributed by atoms with van der Waals surface area (Å²) in [5.74, 6) is 0. The van der Waals surface area contributed by atoms with Gasteiger partial charge >= 0.3 is 0 Å². The molecule has 0 radical (unpaired) electrons. The number of para-hydroxylation sites is 1. The first kappa shape index (κ1) is 11.9. The van der Waals surface area contributed by atoms with Gasteiger partial charge in [-0.1, -0.05) is 23.5 Å². The summed E-state index contributed by atoms with van der Waals surface area (Å²) >= 11 is 6.13. The highest BCUT2D eigenvalue weighted by Gasteiger charge is 2.04. The summed E-state index contributed by atoms with van der Waals surface area (Å²) < 4.78 is 5.92. The molecule has 2 heterocycles. The maximum atomic E-state index is 12.2. The van der Waals surface area contributed by atoms with Gasteiger partial charge in [0.2, 0.25) is 10.6 Å². The molecule has 0 aliphatic carbocycles. The number of fused-ring (bicyclic) bond motifs is 1. The van der Waals surface area contributed by atoms with Crippen molar-refractivity contribution in [2.75, 3.05) is 0 Å². The van der Waals surface area contributed by atoms with Crippen molar-refractivity contribution in [3.8, 4) is 0 Å². The zero-order valence-electron chi connectivity index (χ0n) is 9.49. The highest BCUT2D eigenvalue weighted by atomic mass is 32.1. The van der Waals surface area contributed by atoms with Crippen molar-refractivity contribution in [1.29, 1.82) is 0 Å². The lowest BCUT2D eigenvalue weighted by Gasteiger charge is -1.96. The summed E-state index contributed by atoms with van der Waals surface area (Å²) in [4.78, 5) is 16.2. The summed E-state index contributed by atoms with van der Waals surface area (Å²) in [5, 5.41) is 7.50. The van der Waals surface area contributed by atoms with Crippen LogP contribution in [0.1, 0.15) is 5.56 Å². The van der Waals surface area contributed by atoms with Gasteiger partial charge in [0.25, 0.3) is 0 Å². The Kier molecular flexibility index (Phi) is 3.06. The number of aromatic nitrogens is 2. The fourth-order valence-electron chi connectivity index (χ4n) is 1.58. The number of hydrogen-bond donors (Lipinski definition) is 1. The summed E-state index contributed by atoms with van der Waals surface area (Å²) in [6.07, 6.45) is 2.82. The number of aromatic amines is 1. The number of nitrogens with zero attached hydrogens (tertiary/aromatic N) is 2. The highest BCUT2D eigenvalue weighted by molar-refractivity contribution is 7.73. The van der Waals surface area contributed by atoms with Gasteiger partial charge in [0.15, 0.2) is 3.95 Å². The minimum Gasteiger partial charge on any atom is -0.463 e. The molecular formula is C12H7N3O2S2. The van der Waals surface area contributed by atoms with E-state index in [1.165, 1.54) is 23.8 Å². The Morgan fingerprint density at radius 3 is 3.05 bits per heavy atom. The number of nitrogens with one attached hydrogen (secondary N) is 1. The molecule has 1 aromatic carbocycles. The number of benzene rings is 1. The van der Waals surface area contributed by atoms with E-state index in [2.05, 4.69) is 15.2 Å². The standard InChI is InChI=1S/C12H7N3O2S2/c16-10-7(5-13-11-14-15-12(18)19-11)6-17-9-4-2-1-3-8(9)10/h1-6H,(H,15,18). The summed E-state index contributed by atoms with van der Waals surface area (Å²) in [7, 11) is 0. The molecule has 0 amide bonds. The molecule has 0 fully saturated rings. The maximum Gasteiger partial charge on any atom is 0.230 e. The zero-order chi connectivity index (χ0) is 13.2. The second-order valence-electron chi connectivity index (χ2n) is 3.67. The second kappa shape index (κ2) is 4.87. The van der Waals surface area contributed by atoms with Gasteiger partial charge in [-0.15, -0.1) is 5.10 Å². The molecule has 0 unspecified atom stereocenters. The lowest BCUT2D eigenvalue weighted by Crippen LogP contribution is -2.07. The molecule has 94 valence electrons. The third-order valence-corrected chi connectivity index (χ3v) is 3.44. The van der Waals surface area contributed by atoms with E-state index in [-0.39, 0.29) is 5.43 Å². The third-order valence-electron chi connectivity index (χ3n) is 2.45. The molecule has 0 spiro atoms. The van der Waals surface area contributed by atoms with Crippen LogP contribution >= 0.6 is 23.6 Å². The molecule has 0 saturated carbocycles. The van der Waals surface area contributed by atoms with Crippen LogP contribution in [0.4, 0.5) is 5.13 Å². The molecule has 19 heavy (non-hydrogen) atoms. The Balaban J connectivity index is 2.06. The van der Waals surface area contributed by atoms with Crippen LogP contribution in [0.15, 0.2) is 44.7 Å². The Bertz CT molecular complexity index is 876. The maximum absolute atomic E-state index is 12.2. The van der Waals surface area contributed by atoms with Crippen LogP contribution in [0.5, 0.6) is 0 Å². The van der Waals surface area contributed by atoms with Crippen LogP contribution in [-0.2, 0) is 0 Å². The molecule has 0 aliphatic heterocycles. The van der Waals surface area contributed by atoms with E-state index >= 15 is 0 Å². The van der Waals surface area contributed by atoms with Gasteiger partial charge in [-0.05, 0) is 24.4 Å². The van der Waals surface area contributed by atoms with Crippen molar-refractivity contribution >= 4 is 45.9 Å². The number of hydrogen-bond acceptors (Lipinski definition) is 6. The van der Waals surface area contributed by atoms with Crippen LogP contribution in [0.3, 0.4) is 0 Å². The summed E-state index contributed by atoms with van der Waals surface area (Å²) in [5.41, 5.74) is 0.810. The second-order valence-corrected chi connectivity index (χ2v) is 5.31. The molecule has 3 aromatic rings. The van der Waals surface area contributed by atoms with E-state index in [9.17, 15) is 4.79 Å². The monoisotopic (exact) mass is 289 g/mol. The van der Waals surface area contributed by atoms with Gasteiger partial charge in [-0.3, -0.25) is 9.89 Å². The predicted molar refractivity (Wildman–Crippen MR) is 77.0 cm³/mol. The van der Waals surface area contributed by atoms with E-state index in [0.717, 1.165) is 0 Å². The number of H-pyrrole nitrogens is 1. The molecule has 0 aliphatic rings. The molecule has 0 saturated heterocycles. The first-order chi connectivity index (χ1) is 9.24. The van der Waals surface area contributed by atoms with E-state index in [1.807, 2.05) is 6.07 Å². The van der Waals surface area contributed by atoms with E-state index in [0.29, 0.717) is 25.6 Å². The van der Waals surface area contributed by atoms with Gasteiger partial charge in [-0.25, -0.2) is 4.99 Å². The van der Waals surface area contributed by atoms with Gasteiger partial charge in [0.1, 0.15) is 11.8 Å². The lowest BCUT2D eigenvalue weighted by atomic mass is 10.2. The van der Waals surface area contributed by atoms with Crippen LogP contribution in [-0.4, -0.2) is 16.4 Å². The Morgan fingerprint density at radius 1 is 1.42 bits per heavy atom. The van der Waals surface area contributed by atoms with Gasteiger partial charge in [0.05, 0.1) is 10.9 Å². The molecule has 3 rings (SSSR count). The minimum absolute atomic E-state index is 0.121. The molecule has 5 nitrogen and oxygen atoms in total. The average Bonchev–Trinajstić information content (AvgIpc) is 2.84. The minimum atomic E-state index is -0.121. The number of aliphatic imine (C=N–C) groups is 1. The summed E-state index contributed by atoms with van der Waals surface area (Å²) in [6.45, 7) is 0. The van der Waals surface area contributed by atoms with Crippen molar-refractivity contribution in [2.45, 2.75) is 0 Å². The molecular weight excluding hydrogens is 282 g/mol. The fourth-order valence-corrected chi connectivity index (χ4v) is 2.31. The largest absolute Gasteiger partial charge is 0.463 e. The first-order valence-corrected chi connectivity index (χ1v) is 6.56. The number of rotatable bonds is 2. The van der Waals surface area contributed by atoms with Gasteiger partial charge in [0, 0.05) is 6.21 Å². The Morgan fingerprint density at radius 2 is 2.26 bits per heavy atom. The molecule has 2 aromatic heterocycles. The van der Waals surface area contributed by atoms with Gasteiger partial charge < -0.3 is 4.42 Å². The van der Waals surface area contributed by atoms with Crippen molar-refractivity contribution < 1.29 is 4.42 Å². The molecule has 0 bridgehead atoms. The van der Waals surface area contributed by atoms with Crippen molar-refractivity contribution in [3.05, 3.63) is 50.3 Å². The molecule has 1 N–H and O–H groups in total. The zero-order valence-corrected chi connectivity index (χ0v) is 11.1. The smallest absolute Gasteiger partial charge is 0.230 e. The van der Waals surface area contributed by atoms with Crippen LogP contribution in [0.25, 0.3) is 11.0 Å². The highest BCUT2D eigenvalue weighted by Crippen LogP contribution is 2.15. The van der Waals surface area contributed by atoms with E-state index in [1.54, 1.807) is 18.2 Å². The van der Waals surface area contributed by atoms with E-state index in [4.69, 9.17) is 16.6 Å². The SMILES string of the molecule is O=c1c(C=Nc2n[nH]c(=S)s2)coc2ccccc12. The Hall–Kier alpha value is -2.12. The molecule has 7 heteroatoms. The average molecular weight is 289 g/mol. The lowest BCUT2D eigenvalue weighted by molar-refractivity contribution is 0.601. The Labute approximate surface area is 116 Å². The quantitative estimate of drug-likeness (QED) is 0.581. The van der Waals surface area contributed by atoms with Crippen molar-refractivity contribution in [3.63, 3.8) is 0 Å². The van der Waals surface area contributed by atoms with Crippen LogP contribution in [0.2, 0.25) is 0 Å². The fraction of sp³-hybridized carbons (Fsp3) is 0.